The molecule has 0 spiro atoms. The molecule has 2 nitrogen and oxygen atoms in total. The van der Waals surface area contributed by atoms with Gasteiger partial charge in [0.2, 0.25) is 5.91 Å². The van der Waals surface area contributed by atoms with Crippen LogP contribution in [0.15, 0.2) is 12.1 Å². The smallest absolute Gasteiger partial charge is 0.224 e. The SMILES string of the molecule is CCCCCC(=O)Nc1ccc(C)s1. The Labute approximate surface area is 89.3 Å². The summed E-state index contributed by atoms with van der Waals surface area (Å²) in [6.45, 7) is 4.18. The lowest BCUT2D eigenvalue weighted by Crippen LogP contribution is -2.09. The van der Waals surface area contributed by atoms with Crippen LogP contribution in [0.25, 0.3) is 0 Å². The molecule has 1 N–H and O–H groups in total. The Kier molecular flexibility index (Phi) is 4.66. The van der Waals surface area contributed by atoms with Gasteiger partial charge in [-0.2, -0.15) is 0 Å². The van der Waals surface area contributed by atoms with E-state index in [1.807, 2.05) is 19.1 Å². The normalized spacial score (nSPS) is 10.1. The van der Waals surface area contributed by atoms with E-state index < -0.39 is 0 Å². The van der Waals surface area contributed by atoms with Gasteiger partial charge in [0, 0.05) is 11.3 Å². The first-order valence-electron chi connectivity index (χ1n) is 5.08. The molecule has 1 amide bonds. The van der Waals surface area contributed by atoms with Crippen molar-refractivity contribution in [2.24, 2.45) is 0 Å². The van der Waals surface area contributed by atoms with Gasteiger partial charge < -0.3 is 5.32 Å². The minimum atomic E-state index is 0.139. The maximum Gasteiger partial charge on any atom is 0.224 e. The van der Waals surface area contributed by atoms with E-state index in [9.17, 15) is 4.79 Å². The lowest BCUT2D eigenvalue weighted by atomic mass is 10.2. The number of aryl methyl sites for hydroxylation is 1. The third-order valence-electron chi connectivity index (χ3n) is 2.01. The maximum absolute atomic E-state index is 11.4. The Hall–Kier alpha value is -0.830. The highest BCUT2D eigenvalue weighted by atomic mass is 32.1. The van der Waals surface area contributed by atoms with Crippen LogP contribution in [0.1, 0.15) is 37.5 Å². The highest BCUT2D eigenvalue weighted by molar-refractivity contribution is 7.16. The molecule has 1 aromatic rings. The molecule has 0 radical (unpaired) electrons. The topological polar surface area (TPSA) is 29.1 Å². The van der Waals surface area contributed by atoms with Crippen molar-refractivity contribution in [3.05, 3.63) is 17.0 Å². The zero-order valence-electron chi connectivity index (χ0n) is 8.80. The summed E-state index contributed by atoms with van der Waals surface area (Å²) in [6.07, 6.45) is 3.93. The Morgan fingerprint density at radius 3 is 2.79 bits per heavy atom. The molecule has 0 saturated heterocycles. The van der Waals surface area contributed by atoms with E-state index in [1.54, 1.807) is 11.3 Å². The van der Waals surface area contributed by atoms with E-state index in [-0.39, 0.29) is 5.91 Å². The van der Waals surface area contributed by atoms with Gasteiger partial charge in [0.25, 0.3) is 0 Å². The van der Waals surface area contributed by atoms with Crippen LogP contribution in [0.4, 0.5) is 5.00 Å². The fraction of sp³-hybridized carbons (Fsp3) is 0.545. The van der Waals surface area contributed by atoms with E-state index in [1.165, 1.54) is 4.88 Å². The molecular weight excluding hydrogens is 194 g/mol. The van der Waals surface area contributed by atoms with E-state index in [0.29, 0.717) is 6.42 Å². The summed E-state index contributed by atoms with van der Waals surface area (Å²) in [5.74, 6) is 0.139. The molecule has 0 atom stereocenters. The number of hydrogen-bond acceptors (Lipinski definition) is 2. The van der Waals surface area contributed by atoms with Crippen LogP contribution in [0.2, 0.25) is 0 Å². The van der Waals surface area contributed by atoms with Gasteiger partial charge in [0.1, 0.15) is 0 Å². The van der Waals surface area contributed by atoms with Gasteiger partial charge in [-0.15, -0.1) is 11.3 Å². The number of carbonyl (C=O) groups is 1. The Morgan fingerprint density at radius 2 is 2.21 bits per heavy atom. The second kappa shape index (κ2) is 5.81. The number of anilines is 1. The van der Waals surface area contributed by atoms with Gasteiger partial charge in [-0.3, -0.25) is 4.79 Å². The minimum absolute atomic E-state index is 0.139. The molecule has 0 aliphatic carbocycles. The average Bonchev–Trinajstić information content (AvgIpc) is 2.52. The third kappa shape index (κ3) is 3.92. The second-order valence-electron chi connectivity index (χ2n) is 3.42. The third-order valence-corrected chi connectivity index (χ3v) is 2.93. The standard InChI is InChI=1S/C11H17NOS/c1-3-4-5-6-10(13)12-11-8-7-9(2)14-11/h7-8H,3-6H2,1-2H3,(H,12,13). The lowest BCUT2D eigenvalue weighted by Gasteiger charge is -2.01. The minimum Gasteiger partial charge on any atom is -0.318 e. The number of rotatable bonds is 5. The number of carbonyl (C=O) groups excluding carboxylic acids is 1. The molecule has 0 aliphatic rings. The van der Waals surface area contributed by atoms with Gasteiger partial charge in [-0.05, 0) is 25.5 Å². The second-order valence-corrected chi connectivity index (χ2v) is 4.70. The Balaban J connectivity index is 2.27. The Morgan fingerprint density at radius 1 is 1.43 bits per heavy atom. The van der Waals surface area contributed by atoms with Crippen molar-refractivity contribution < 1.29 is 4.79 Å². The van der Waals surface area contributed by atoms with Crippen LogP contribution >= 0.6 is 11.3 Å². The monoisotopic (exact) mass is 211 g/mol. The zero-order chi connectivity index (χ0) is 10.4. The summed E-state index contributed by atoms with van der Waals surface area (Å²) in [5.41, 5.74) is 0. The molecule has 3 heteroatoms. The van der Waals surface area contributed by atoms with Crippen LogP contribution in [0.3, 0.4) is 0 Å². The summed E-state index contributed by atoms with van der Waals surface area (Å²) >= 11 is 1.62. The molecule has 1 heterocycles. The molecule has 0 aromatic carbocycles. The molecule has 78 valence electrons. The van der Waals surface area contributed by atoms with Gasteiger partial charge in [-0.1, -0.05) is 19.8 Å². The van der Waals surface area contributed by atoms with E-state index in [4.69, 9.17) is 0 Å². The molecule has 0 unspecified atom stereocenters. The molecule has 14 heavy (non-hydrogen) atoms. The molecule has 0 fully saturated rings. The summed E-state index contributed by atoms with van der Waals surface area (Å²) in [4.78, 5) is 12.6. The highest BCUT2D eigenvalue weighted by Gasteiger charge is 2.02. The first-order chi connectivity index (χ1) is 6.72. The first kappa shape index (κ1) is 11.2. The summed E-state index contributed by atoms with van der Waals surface area (Å²) in [6, 6.07) is 3.98. The number of hydrogen-bond donors (Lipinski definition) is 1. The number of nitrogens with one attached hydrogen (secondary N) is 1. The molecule has 0 bridgehead atoms. The predicted molar refractivity (Wildman–Crippen MR) is 61.8 cm³/mol. The van der Waals surface area contributed by atoms with E-state index in [0.717, 1.165) is 24.3 Å². The zero-order valence-corrected chi connectivity index (χ0v) is 9.62. The van der Waals surface area contributed by atoms with Crippen molar-refractivity contribution in [2.45, 2.75) is 39.5 Å². The van der Waals surface area contributed by atoms with Crippen molar-refractivity contribution in [3.63, 3.8) is 0 Å². The van der Waals surface area contributed by atoms with Crippen molar-refractivity contribution in [2.75, 3.05) is 5.32 Å². The average molecular weight is 211 g/mol. The van der Waals surface area contributed by atoms with Crippen molar-refractivity contribution in [3.8, 4) is 0 Å². The summed E-state index contributed by atoms with van der Waals surface area (Å²) < 4.78 is 0. The highest BCUT2D eigenvalue weighted by Crippen LogP contribution is 2.20. The van der Waals surface area contributed by atoms with Crippen molar-refractivity contribution >= 4 is 22.2 Å². The Bertz CT molecular complexity index is 293. The van der Waals surface area contributed by atoms with E-state index in [2.05, 4.69) is 12.2 Å². The van der Waals surface area contributed by atoms with Crippen LogP contribution in [0.5, 0.6) is 0 Å². The molecular formula is C11H17NOS. The van der Waals surface area contributed by atoms with Crippen LogP contribution in [-0.2, 0) is 4.79 Å². The van der Waals surface area contributed by atoms with Crippen LogP contribution in [-0.4, -0.2) is 5.91 Å². The maximum atomic E-state index is 11.4. The molecule has 1 aromatic heterocycles. The van der Waals surface area contributed by atoms with Crippen LogP contribution < -0.4 is 5.32 Å². The van der Waals surface area contributed by atoms with Gasteiger partial charge in [0.05, 0.1) is 5.00 Å². The molecule has 1 rings (SSSR count). The molecule has 0 saturated carbocycles. The van der Waals surface area contributed by atoms with Crippen molar-refractivity contribution in [1.82, 2.24) is 0 Å². The fourth-order valence-corrected chi connectivity index (χ4v) is 2.02. The largest absolute Gasteiger partial charge is 0.318 e. The molecule has 0 aliphatic heterocycles. The first-order valence-corrected chi connectivity index (χ1v) is 5.90. The van der Waals surface area contributed by atoms with Crippen LogP contribution in [0, 0.1) is 6.92 Å². The lowest BCUT2D eigenvalue weighted by molar-refractivity contribution is -0.116. The number of amides is 1. The summed E-state index contributed by atoms with van der Waals surface area (Å²) in [7, 11) is 0. The summed E-state index contributed by atoms with van der Waals surface area (Å²) in [5, 5.41) is 3.86. The van der Waals surface area contributed by atoms with Gasteiger partial charge in [0.15, 0.2) is 0 Å². The van der Waals surface area contributed by atoms with E-state index >= 15 is 0 Å². The fourth-order valence-electron chi connectivity index (χ4n) is 1.24. The predicted octanol–water partition coefficient (Wildman–Crippen LogP) is 3.58. The quantitative estimate of drug-likeness (QED) is 0.741. The van der Waals surface area contributed by atoms with Crippen molar-refractivity contribution in [1.29, 1.82) is 0 Å². The number of thiophene rings is 1. The number of unbranched alkanes of at least 4 members (excludes halogenated alkanes) is 2. The van der Waals surface area contributed by atoms with Gasteiger partial charge >= 0.3 is 0 Å². The van der Waals surface area contributed by atoms with Gasteiger partial charge in [-0.25, -0.2) is 0 Å².